The average molecular weight is 332 g/mol. The Balaban J connectivity index is 1.44. The monoisotopic (exact) mass is 332 g/mol. The Morgan fingerprint density at radius 3 is 3.00 bits per heavy atom. The smallest absolute Gasteiger partial charge is 0.356 e. The van der Waals surface area contributed by atoms with Gasteiger partial charge in [-0.25, -0.2) is 9.78 Å². The number of piperidine rings is 1. The van der Waals surface area contributed by atoms with Gasteiger partial charge in [-0.3, -0.25) is 9.58 Å². The topological polar surface area (TPSA) is 71.2 Å². The third kappa shape index (κ3) is 3.16. The Hall–Kier alpha value is -1.73. The first-order valence-electron chi connectivity index (χ1n) is 8.14. The van der Waals surface area contributed by atoms with E-state index < -0.39 is 5.97 Å². The molecule has 2 aliphatic rings. The van der Waals surface area contributed by atoms with Crippen LogP contribution >= 0.6 is 11.3 Å². The third-order valence-electron chi connectivity index (χ3n) is 4.69. The number of likely N-dealkylation sites (tertiary alicyclic amines) is 1. The second-order valence-electron chi connectivity index (χ2n) is 6.45. The first kappa shape index (κ1) is 14.8. The lowest BCUT2D eigenvalue weighted by Gasteiger charge is -2.32. The molecule has 0 spiro atoms. The number of hydrogen-bond acceptors (Lipinski definition) is 5. The molecule has 2 aromatic rings. The van der Waals surface area contributed by atoms with E-state index in [4.69, 9.17) is 5.11 Å². The Kier molecular flexibility index (Phi) is 3.90. The maximum Gasteiger partial charge on any atom is 0.356 e. The minimum atomic E-state index is -0.963. The molecule has 4 rings (SSSR count). The van der Waals surface area contributed by atoms with E-state index in [-0.39, 0.29) is 11.7 Å². The summed E-state index contributed by atoms with van der Waals surface area (Å²) in [4.78, 5) is 19.4. The number of rotatable bonds is 5. The molecule has 6 nitrogen and oxygen atoms in total. The van der Waals surface area contributed by atoms with E-state index in [2.05, 4.69) is 15.0 Å². The molecule has 0 bridgehead atoms. The highest BCUT2D eigenvalue weighted by atomic mass is 32.1. The lowest BCUT2D eigenvalue weighted by atomic mass is 10.1. The largest absolute Gasteiger partial charge is 0.476 e. The number of aromatic carboxylic acids is 1. The van der Waals surface area contributed by atoms with Crippen LogP contribution in [0.5, 0.6) is 0 Å². The van der Waals surface area contributed by atoms with Crippen molar-refractivity contribution in [2.24, 2.45) is 0 Å². The minimum absolute atomic E-state index is 0.126. The predicted octanol–water partition coefficient (Wildman–Crippen LogP) is 2.75. The fourth-order valence-electron chi connectivity index (χ4n) is 3.34. The van der Waals surface area contributed by atoms with Gasteiger partial charge in [-0.15, -0.1) is 11.3 Å². The zero-order chi connectivity index (χ0) is 15.8. The van der Waals surface area contributed by atoms with Crippen molar-refractivity contribution >= 4 is 17.3 Å². The van der Waals surface area contributed by atoms with E-state index in [1.54, 1.807) is 23.6 Å². The van der Waals surface area contributed by atoms with Gasteiger partial charge in [-0.05, 0) is 38.3 Å². The van der Waals surface area contributed by atoms with Gasteiger partial charge in [0.05, 0.1) is 17.2 Å². The van der Waals surface area contributed by atoms with Gasteiger partial charge in [0, 0.05) is 30.1 Å². The molecule has 7 heteroatoms. The number of aromatic nitrogens is 3. The molecular formula is C16H20N4O2S. The Morgan fingerprint density at radius 1 is 1.39 bits per heavy atom. The van der Waals surface area contributed by atoms with Crippen molar-refractivity contribution in [2.45, 2.75) is 44.2 Å². The lowest BCUT2D eigenvalue weighted by Crippen LogP contribution is -2.36. The molecule has 1 N–H and O–H groups in total. The number of carboxylic acids is 1. The van der Waals surface area contributed by atoms with Gasteiger partial charge in [0.2, 0.25) is 0 Å². The van der Waals surface area contributed by atoms with Gasteiger partial charge in [0.25, 0.3) is 0 Å². The minimum Gasteiger partial charge on any atom is -0.476 e. The van der Waals surface area contributed by atoms with Crippen molar-refractivity contribution in [3.63, 3.8) is 0 Å². The van der Waals surface area contributed by atoms with Gasteiger partial charge in [0.1, 0.15) is 0 Å². The number of hydrogen-bond donors (Lipinski definition) is 1. The summed E-state index contributed by atoms with van der Waals surface area (Å²) >= 11 is 1.76. The van der Waals surface area contributed by atoms with Gasteiger partial charge < -0.3 is 5.11 Å². The number of carbonyl (C=O) groups is 1. The molecule has 1 aliphatic heterocycles. The van der Waals surface area contributed by atoms with Crippen LogP contribution in [-0.2, 0) is 6.54 Å². The van der Waals surface area contributed by atoms with E-state index in [0.717, 1.165) is 32.5 Å². The zero-order valence-corrected chi connectivity index (χ0v) is 13.7. The summed E-state index contributed by atoms with van der Waals surface area (Å²) in [5, 5.41) is 13.2. The van der Waals surface area contributed by atoms with Gasteiger partial charge in [-0.1, -0.05) is 0 Å². The van der Waals surface area contributed by atoms with E-state index >= 15 is 0 Å². The molecule has 3 heterocycles. The normalized spacial score (nSPS) is 22.3. The van der Waals surface area contributed by atoms with Crippen molar-refractivity contribution < 1.29 is 9.90 Å². The molecule has 23 heavy (non-hydrogen) atoms. The summed E-state index contributed by atoms with van der Waals surface area (Å²) in [6.07, 6.45) is 6.52. The van der Waals surface area contributed by atoms with Crippen LogP contribution in [0.4, 0.5) is 0 Å². The predicted molar refractivity (Wildman–Crippen MR) is 86.8 cm³/mol. The van der Waals surface area contributed by atoms with E-state index in [1.165, 1.54) is 23.4 Å². The van der Waals surface area contributed by atoms with Crippen LogP contribution in [0.2, 0.25) is 0 Å². The molecule has 1 aliphatic carbocycles. The molecule has 1 atom stereocenters. The standard InChI is InChI=1S/C16H20N4O2S/c21-16(22)13-5-7-20(18-13)12-2-1-6-19(8-12)9-14-15(11-3-4-11)17-10-23-14/h5,7,10-12H,1-4,6,8-9H2,(H,21,22). The maximum atomic E-state index is 11.0. The maximum absolute atomic E-state index is 11.0. The number of nitrogens with zero attached hydrogens (tertiary/aromatic N) is 4. The molecule has 1 unspecified atom stereocenters. The van der Waals surface area contributed by atoms with Crippen molar-refractivity contribution in [3.8, 4) is 0 Å². The Labute approximate surface area is 138 Å². The third-order valence-corrected chi connectivity index (χ3v) is 5.52. The van der Waals surface area contributed by atoms with Crippen molar-refractivity contribution in [3.05, 3.63) is 34.0 Å². The van der Waals surface area contributed by atoms with Gasteiger partial charge >= 0.3 is 5.97 Å². The first-order chi connectivity index (χ1) is 11.2. The SMILES string of the molecule is O=C(O)c1ccn(C2CCCN(Cc3scnc3C3CC3)C2)n1. The summed E-state index contributed by atoms with van der Waals surface area (Å²) in [6, 6.07) is 1.84. The quantitative estimate of drug-likeness (QED) is 0.911. The highest BCUT2D eigenvalue weighted by Crippen LogP contribution is 2.42. The summed E-state index contributed by atoms with van der Waals surface area (Å²) in [7, 11) is 0. The van der Waals surface area contributed by atoms with E-state index in [0.29, 0.717) is 5.92 Å². The van der Waals surface area contributed by atoms with Crippen LogP contribution in [0.15, 0.2) is 17.8 Å². The number of carboxylic acid groups (broad SMARTS) is 1. The molecule has 2 fully saturated rings. The zero-order valence-electron chi connectivity index (χ0n) is 12.9. The second-order valence-corrected chi connectivity index (χ2v) is 7.39. The van der Waals surface area contributed by atoms with Gasteiger partial charge in [0.15, 0.2) is 5.69 Å². The van der Waals surface area contributed by atoms with Gasteiger partial charge in [-0.2, -0.15) is 5.10 Å². The van der Waals surface area contributed by atoms with Crippen molar-refractivity contribution in [1.82, 2.24) is 19.7 Å². The molecule has 0 aromatic carbocycles. The molecule has 1 saturated heterocycles. The Bertz CT molecular complexity index is 707. The van der Waals surface area contributed by atoms with Crippen LogP contribution in [0.1, 0.15) is 58.7 Å². The summed E-state index contributed by atoms with van der Waals surface area (Å²) in [5.74, 6) is -0.267. The lowest BCUT2D eigenvalue weighted by molar-refractivity contribution is 0.0688. The molecule has 1 saturated carbocycles. The van der Waals surface area contributed by atoms with Crippen LogP contribution in [0, 0.1) is 0 Å². The molecule has 0 radical (unpaired) electrons. The highest BCUT2D eigenvalue weighted by molar-refractivity contribution is 7.09. The highest BCUT2D eigenvalue weighted by Gasteiger charge is 2.30. The van der Waals surface area contributed by atoms with Crippen LogP contribution in [-0.4, -0.2) is 43.8 Å². The van der Waals surface area contributed by atoms with Crippen LogP contribution < -0.4 is 0 Å². The van der Waals surface area contributed by atoms with Crippen LogP contribution in [0.3, 0.4) is 0 Å². The average Bonchev–Trinajstić information content (AvgIpc) is 3.09. The fraction of sp³-hybridized carbons (Fsp3) is 0.562. The molecule has 2 aromatic heterocycles. The molecular weight excluding hydrogens is 312 g/mol. The van der Waals surface area contributed by atoms with Crippen LogP contribution in [0.25, 0.3) is 0 Å². The van der Waals surface area contributed by atoms with Crippen molar-refractivity contribution in [1.29, 1.82) is 0 Å². The molecule has 122 valence electrons. The Morgan fingerprint density at radius 2 is 2.26 bits per heavy atom. The first-order valence-corrected chi connectivity index (χ1v) is 9.01. The second kappa shape index (κ2) is 6.05. The van der Waals surface area contributed by atoms with E-state index in [1.807, 2.05) is 10.2 Å². The van der Waals surface area contributed by atoms with Crippen molar-refractivity contribution in [2.75, 3.05) is 13.1 Å². The fourth-order valence-corrected chi connectivity index (χ4v) is 4.23. The summed E-state index contributed by atoms with van der Waals surface area (Å²) in [5.41, 5.74) is 3.40. The number of thiazole rings is 1. The van der Waals surface area contributed by atoms with E-state index in [9.17, 15) is 4.79 Å². The molecule has 0 amide bonds. The summed E-state index contributed by atoms with van der Waals surface area (Å²) in [6.45, 7) is 2.97. The summed E-state index contributed by atoms with van der Waals surface area (Å²) < 4.78 is 1.82.